The number of rotatable bonds is 1. The van der Waals surface area contributed by atoms with E-state index in [4.69, 9.17) is 10.5 Å². The molecule has 3 N–H and O–H groups in total. The molecule has 0 fully saturated rings. The predicted octanol–water partition coefficient (Wildman–Crippen LogP) is 2.07. The van der Waals surface area contributed by atoms with Gasteiger partial charge in [-0.1, -0.05) is 11.3 Å². The zero-order valence-electron chi connectivity index (χ0n) is 8.33. The number of nitrogens with zero attached hydrogens (tertiary/aromatic N) is 1. The van der Waals surface area contributed by atoms with E-state index in [0.717, 1.165) is 0 Å². The third kappa shape index (κ3) is 3.61. The first-order chi connectivity index (χ1) is 6.37. The summed E-state index contributed by atoms with van der Waals surface area (Å²) in [6, 6.07) is 0. The number of hydrogen-bond donors (Lipinski definition) is 2. The van der Waals surface area contributed by atoms with E-state index in [1.807, 2.05) is 0 Å². The summed E-state index contributed by atoms with van der Waals surface area (Å²) in [5, 5.41) is 3.48. The zero-order chi connectivity index (χ0) is 10.8. The number of hydrogen-bond acceptors (Lipinski definition) is 5. The minimum absolute atomic E-state index is 0.441. The summed E-state index contributed by atoms with van der Waals surface area (Å²) < 4.78 is 5.03. The second-order valence-corrected chi connectivity index (χ2v) is 4.76. The molecule has 0 unspecified atom stereocenters. The molecule has 0 saturated carbocycles. The van der Waals surface area contributed by atoms with Gasteiger partial charge >= 0.3 is 6.09 Å². The number of carbonyl (C=O) groups is 1. The van der Waals surface area contributed by atoms with Crippen LogP contribution in [0.4, 0.5) is 14.9 Å². The van der Waals surface area contributed by atoms with Crippen LogP contribution < -0.4 is 11.1 Å². The summed E-state index contributed by atoms with van der Waals surface area (Å²) in [6.07, 6.45) is 0.962. The van der Waals surface area contributed by atoms with Crippen LogP contribution in [0.3, 0.4) is 0 Å². The van der Waals surface area contributed by atoms with Crippen LogP contribution in [0.25, 0.3) is 0 Å². The lowest BCUT2D eigenvalue weighted by molar-refractivity contribution is 0.0636. The van der Waals surface area contributed by atoms with Crippen molar-refractivity contribution in [1.82, 2.24) is 4.98 Å². The Kier molecular flexibility index (Phi) is 2.95. The smallest absolute Gasteiger partial charge is 0.413 e. The average Bonchev–Trinajstić information content (AvgIpc) is 2.30. The molecule has 0 aromatic carbocycles. The van der Waals surface area contributed by atoms with Crippen LogP contribution in [0.1, 0.15) is 20.8 Å². The summed E-state index contributed by atoms with van der Waals surface area (Å²) in [4.78, 5) is 15.1. The topological polar surface area (TPSA) is 77.2 Å². The van der Waals surface area contributed by atoms with Gasteiger partial charge in [0.2, 0.25) is 0 Å². The standard InChI is InChI=1S/C8H13N3O2S/c1-8(2,3)13-7(12)11-6-10-4-5(9)14-6/h4H,9H2,1-3H3,(H,10,11,12). The van der Waals surface area contributed by atoms with Crippen LogP contribution in [-0.2, 0) is 4.74 Å². The van der Waals surface area contributed by atoms with Gasteiger partial charge in [0, 0.05) is 0 Å². The van der Waals surface area contributed by atoms with E-state index in [9.17, 15) is 4.79 Å². The van der Waals surface area contributed by atoms with Crippen molar-refractivity contribution < 1.29 is 9.53 Å². The van der Waals surface area contributed by atoms with E-state index in [2.05, 4.69) is 10.3 Å². The van der Waals surface area contributed by atoms with Crippen LogP contribution in [0.5, 0.6) is 0 Å². The molecule has 1 amide bonds. The summed E-state index contributed by atoms with van der Waals surface area (Å²) in [7, 11) is 0. The molecule has 1 heterocycles. The molecule has 0 spiro atoms. The molecule has 78 valence electrons. The number of ether oxygens (including phenoxy) is 1. The third-order valence-electron chi connectivity index (χ3n) is 1.13. The molecule has 0 radical (unpaired) electrons. The first-order valence-corrected chi connectivity index (χ1v) is 4.90. The molecule has 14 heavy (non-hydrogen) atoms. The highest BCUT2D eigenvalue weighted by atomic mass is 32.1. The lowest BCUT2D eigenvalue weighted by Gasteiger charge is -2.18. The molecule has 6 heteroatoms. The highest BCUT2D eigenvalue weighted by Gasteiger charge is 2.16. The molecule has 0 bridgehead atoms. The first kappa shape index (κ1) is 10.8. The van der Waals surface area contributed by atoms with Crippen LogP contribution >= 0.6 is 11.3 Å². The SMILES string of the molecule is CC(C)(C)OC(=O)Nc1ncc(N)s1. The lowest BCUT2D eigenvalue weighted by atomic mass is 10.2. The van der Waals surface area contributed by atoms with E-state index >= 15 is 0 Å². The van der Waals surface area contributed by atoms with Gasteiger partial charge in [0.05, 0.1) is 6.20 Å². The molecule has 1 aromatic rings. The number of carbonyl (C=O) groups excluding carboxylic acids is 1. The highest BCUT2D eigenvalue weighted by Crippen LogP contribution is 2.20. The van der Waals surface area contributed by atoms with Crippen LogP contribution in [0, 0.1) is 0 Å². The Morgan fingerprint density at radius 3 is 2.71 bits per heavy atom. The summed E-state index contributed by atoms with van der Waals surface area (Å²) in [6.45, 7) is 5.38. The molecule has 0 aliphatic heterocycles. The first-order valence-electron chi connectivity index (χ1n) is 4.08. The van der Waals surface area contributed by atoms with Crippen molar-refractivity contribution in [3.63, 3.8) is 0 Å². The Hall–Kier alpha value is -1.30. The van der Waals surface area contributed by atoms with Crippen LogP contribution in [0.15, 0.2) is 6.20 Å². The van der Waals surface area contributed by atoms with E-state index in [0.29, 0.717) is 10.1 Å². The molecule has 0 atom stereocenters. The van der Waals surface area contributed by atoms with Crippen molar-refractivity contribution in [1.29, 1.82) is 0 Å². The maximum Gasteiger partial charge on any atom is 0.413 e. The maximum atomic E-state index is 11.2. The van der Waals surface area contributed by atoms with Crippen molar-refractivity contribution >= 4 is 27.6 Å². The van der Waals surface area contributed by atoms with Gasteiger partial charge in [-0.2, -0.15) is 0 Å². The Labute approximate surface area is 86.3 Å². The number of nitrogen functional groups attached to an aromatic ring is 1. The fourth-order valence-electron chi connectivity index (χ4n) is 0.735. The van der Waals surface area contributed by atoms with Gasteiger partial charge in [0.15, 0.2) is 5.13 Å². The minimum Gasteiger partial charge on any atom is -0.444 e. The van der Waals surface area contributed by atoms with Gasteiger partial charge in [0.25, 0.3) is 0 Å². The molecule has 0 saturated heterocycles. The van der Waals surface area contributed by atoms with E-state index in [1.54, 1.807) is 20.8 Å². The van der Waals surface area contributed by atoms with Crippen molar-refractivity contribution in [2.45, 2.75) is 26.4 Å². The second kappa shape index (κ2) is 3.83. The van der Waals surface area contributed by atoms with Crippen molar-refractivity contribution in [3.05, 3.63) is 6.20 Å². The Bertz CT molecular complexity index is 330. The largest absolute Gasteiger partial charge is 0.444 e. The highest BCUT2D eigenvalue weighted by molar-refractivity contribution is 7.19. The van der Waals surface area contributed by atoms with Gasteiger partial charge in [0.1, 0.15) is 10.6 Å². The van der Waals surface area contributed by atoms with Gasteiger partial charge in [-0.15, -0.1) is 0 Å². The number of amides is 1. The predicted molar refractivity (Wildman–Crippen MR) is 56.4 cm³/mol. The van der Waals surface area contributed by atoms with Gasteiger partial charge in [-0.25, -0.2) is 9.78 Å². The fourth-order valence-corrected chi connectivity index (χ4v) is 1.30. The lowest BCUT2D eigenvalue weighted by Crippen LogP contribution is -2.27. The van der Waals surface area contributed by atoms with Gasteiger partial charge < -0.3 is 10.5 Å². The Balaban J connectivity index is 2.50. The molecule has 5 nitrogen and oxygen atoms in total. The number of aromatic nitrogens is 1. The molecule has 1 aromatic heterocycles. The van der Waals surface area contributed by atoms with E-state index in [-0.39, 0.29) is 0 Å². The fraction of sp³-hybridized carbons (Fsp3) is 0.500. The van der Waals surface area contributed by atoms with Crippen LogP contribution in [0.2, 0.25) is 0 Å². The summed E-state index contributed by atoms with van der Waals surface area (Å²) >= 11 is 1.20. The quantitative estimate of drug-likeness (QED) is 0.751. The molecular weight excluding hydrogens is 202 g/mol. The summed E-state index contributed by atoms with van der Waals surface area (Å²) in [5.74, 6) is 0. The van der Waals surface area contributed by atoms with Gasteiger partial charge in [-0.3, -0.25) is 5.32 Å². The Morgan fingerprint density at radius 1 is 1.64 bits per heavy atom. The maximum absolute atomic E-state index is 11.2. The zero-order valence-corrected chi connectivity index (χ0v) is 9.14. The molecule has 1 rings (SSSR count). The van der Waals surface area contributed by atoms with Crippen LogP contribution in [-0.4, -0.2) is 16.7 Å². The second-order valence-electron chi connectivity index (χ2n) is 3.69. The van der Waals surface area contributed by atoms with Crippen molar-refractivity contribution in [3.8, 4) is 0 Å². The summed E-state index contributed by atoms with van der Waals surface area (Å²) in [5.41, 5.74) is 4.94. The van der Waals surface area contributed by atoms with Crippen molar-refractivity contribution in [2.75, 3.05) is 11.1 Å². The van der Waals surface area contributed by atoms with E-state index in [1.165, 1.54) is 17.5 Å². The molecule has 0 aliphatic rings. The monoisotopic (exact) mass is 215 g/mol. The van der Waals surface area contributed by atoms with Crippen molar-refractivity contribution in [2.24, 2.45) is 0 Å². The molecular formula is C8H13N3O2S. The molecule has 0 aliphatic carbocycles. The number of thiazole rings is 1. The van der Waals surface area contributed by atoms with Gasteiger partial charge in [-0.05, 0) is 20.8 Å². The number of anilines is 2. The third-order valence-corrected chi connectivity index (χ3v) is 1.87. The Morgan fingerprint density at radius 2 is 2.29 bits per heavy atom. The number of nitrogens with one attached hydrogen (secondary N) is 1. The average molecular weight is 215 g/mol. The minimum atomic E-state index is -0.521. The van der Waals surface area contributed by atoms with E-state index < -0.39 is 11.7 Å². The number of nitrogens with two attached hydrogens (primary N) is 1. The normalized spacial score (nSPS) is 11.1.